The Labute approximate surface area is 106 Å². The third-order valence-corrected chi connectivity index (χ3v) is 3.80. The summed E-state index contributed by atoms with van der Waals surface area (Å²) in [6, 6.07) is 2.01. The number of carboxylic acids is 1. The molecule has 2 rings (SSSR count). The molecule has 0 aliphatic carbocycles. The number of tetrazole rings is 1. The largest absolute Gasteiger partial charge is 0.481 e. The number of carbonyl (C=O) groups is 1. The molecule has 0 bridgehead atoms. The molecule has 2 aromatic rings. The zero-order valence-corrected chi connectivity index (χ0v) is 10.6. The van der Waals surface area contributed by atoms with Crippen molar-refractivity contribution in [1.29, 1.82) is 0 Å². The Bertz CT molecular complexity index is 497. The molecule has 0 aromatic carbocycles. The molecule has 0 radical (unpaired) electrons. The molecule has 0 saturated heterocycles. The van der Waals surface area contributed by atoms with E-state index in [9.17, 15) is 4.79 Å². The molecule has 8 heteroatoms. The van der Waals surface area contributed by atoms with E-state index in [4.69, 9.17) is 5.11 Å². The lowest BCUT2D eigenvalue weighted by Gasteiger charge is -2.10. The molecule has 2 heterocycles. The molecule has 0 saturated carbocycles. The van der Waals surface area contributed by atoms with E-state index in [1.807, 2.05) is 23.8 Å². The van der Waals surface area contributed by atoms with E-state index in [2.05, 4.69) is 15.5 Å². The number of nitrogens with zero attached hydrogens (tertiary/aromatic N) is 4. The van der Waals surface area contributed by atoms with E-state index in [0.29, 0.717) is 5.16 Å². The number of aromatic nitrogens is 4. The summed E-state index contributed by atoms with van der Waals surface area (Å²) in [5.74, 6) is -0.927. The zero-order chi connectivity index (χ0) is 12.3. The van der Waals surface area contributed by atoms with Crippen LogP contribution in [0.15, 0.2) is 22.0 Å². The molecule has 0 aliphatic heterocycles. The summed E-state index contributed by atoms with van der Waals surface area (Å²) in [5.41, 5.74) is 1.11. The maximum Gasteiger partial charge on any atom is 0.313 e. The summed E-state index contributed by atoms with van der Waals surface area (Å²) in [4.78, 5) is 10.5. The quantitative estimate of drug-likeness (QED) is 0.830. The van der Waals surface area contributed by atoms with Crippen molar-refractivity contribution < 1.29 is 9.90 Å². The Morgan fingerprint density at radius 1 is 1.71 bits per heavy atom. The average molecular weight is 270 g/mol. The van der Waals surface area contributed by atoms with Crippen molar-refractivity contribution in [2.75, 3.05) is 5.75 Å². The summed E-state index contributed by atoms with van der Waals surface area (Å²) in [6.07, 6.45) is 0. The van der Waals surface area contributed by atoms with Gasteiger partial charge in [0.1, 0.15) is 0 Å². The minimum absolute atomic E-state index is 0.00699. The van der Waals surface area contributed by atoms with E-state index in [0.717, 1.165) is 17.3 Å². The van der Waals surface area contributed by atoms with Crippen molar-refractivity contribution >= 4 is 29.1 Å². The number of hydrogen-bond donors (Lipinski definition) is 1. The molecule has 1 atom stereocenters. The van der Waals surface area contributed by atoms with E-state index >= 15 is 0 Å². The van der Waals surface area contributed by atoms with Gasteiger partial charge in [0, 0.05) is 0 Å². The highest BCUT2D eigenvalue weighted by molar-refractivity contribution is 7.99. The van der Waals surface area contributed by atoms with Gasteiger partial charge in [0.15, 0.2) is 0 Å². The fourth-order valence-electron chi connectivity index (χ4n) is 1.30. The normalized spacial score (nSPS) is 12.5. The number of hydrogen-bond acceptors (Lipinski definition) is 6. The van der Waals surface area contributed by atoms with Crippen LogP contribution in [0.2, 0.25) is 0 Å². The van der Waals surface area contributed by atoms with Crippen molar-refractivity contribution in [2.24, 2.45) is 0 Å². The summed E-state index contributed by atoms with van der Waals surface area (Å²) in [5, 5.41) is 24.5. The molecule has 0 aliphatic rings. The van der Waals surface area contributed by atoms with Gasteiger partial charge in [-0.1, -0.05) is 11.8 Å². The molecule has 2 aromatic heterocycles. The van der Waals surface area contributed by atoms with Crippen molar-refractivity contribution in [2.45, 2.75) is 18.1 Å². The van der Waals surface area contributed by atoms with Gasteiger partial charge in [-0.2, -0.15) is 11.3 Å². The number of thiophene rings is 1. The highest BCUT2D eigenvalue weighted by Crippen LogP contribution is 2.24. The highest BCUT2D eigenvalue weighted by atomic mass is 32.2. The van der Waals surface area contributed by atoms with Crippen LogP contribution in [-0.2, 0) is 4.79 Å². The van der Waals surface area contributed by atoms with E-state index in [1.165, 1.54) is 0 Å². The molecular formula is C9H10N4O2S2. The molecule has 1 N–H and O–H groups in total. The average Bonchev–Trinajstić information content (AvgIpc) is 2.96. The van der Waals surface area contributed by atoms with E-state index in [1.54, 1.807) is 16.0 Å². The maximum absolute atomic E-state index is 10.5. The van der Waals surface area contributed by atoms with Crippen LogP contribution < -0.4 is 0 Å². The second-order valence-electron chi connectivity index (χ2n) is 3.32. The van der Waals surface area contributed by atoms with Crippen molar-refractivity contribution in [3.8, 4) is 0 Å². The number of aliphatic carboxylic acids is 1. The van der Waals surface area contributed by atoms with Crippen LogP contribution in [0.5, 0.6) is 0 Å². The Kier molecular flexibility index (Phi) is 3.75. The van der Waals surface area contributed by atoms with Crippen molar-refractivity contribution in [1.82, 2.24) is 20.2 Å². The molecule has 0 fully saturated rings. The molecular weight excluding hydrogens is 260 g/mol. The zero-order valence-electron chi connectivity index (χ0n) is 8.98. The van der Waals surface area contributed by atoms with Crippen LogP contribution in [0.4, 0.5) is 0 Å². The topological polar surface area (TPSA) is 80.9 Å². The Morgan fingerprint density at radius 3 is 3.18 bits per heavy atom. The monoisotopic (exact) mass is 270 g/mol. The standard InChI is InChI=1S/C9H10N4O2S2/c1-6(7-2-3-16-4-7)13-9(10-11-12-13)17-5-8(14)15/h2-4,6H,5H2,1H3,(H,14,15). The molecule has 17 heavy (non-hydrogen) atoms. The summed E-state index contributed by atoms with van der Waals surface area (Å²) in [7, 11) is 0. The van der Waals surface area contributed by atoms with Gasteiger partial charge in [0.25, 0.3) is 0 Å². The van der Waals surface area contributed by atoms with Gasteiger partial charge < -0.3 is 5.11 Å². The first-order chi connectivity index (χ1) is 8.18. The van der Waals surface area contributed by atoms with Gasteiger partial charge in [-0.25, -0.2) is 4.68 Å². The Morgan fingerprint density at radius 2 is 2.53 bits per heavy atom. The fourth-order valence-corrected chi connectivity index (χ4v) is 2.72. The second-order valence-corrected chi connectivity index (χ2v) is 5.04. The molecule has 6 nitrogen and oxygen atoms in total. The van der Waals surface area contributed by atoms with Crippen molar-refractivity contribution in [3.05, 3.63) is 22.4 Å². The molecule has 1 unspecified atom stereocenters. The Hall–Kier alpha value is -1.41. The maximum atomic E-state index is 10.5. The molecule has 0 spiro atoms. The van der Waals surface area contributed by atoms with Crippen LogP contribution in [0.1, 0.15) is 18.5 Å². The number of carboxylic acid groups (broad SMARTS) is 1. The van der Waals surface area contributed by atoms with Crippen LogP contribution >= 0.6 is 23.1 Å². The van der Waals surface area contributed by atoms with Gasteiger partial charge in [-0.15, -0.1) is 5.10 Å². The van der Waals surface area contributed by atoms with Crippen LogP contribution in [0.3, 0.4) is 0 Å². The summed E-state index contributed by atoms with van der Waals surface area (Å²) >= 11 is 2.72. The predicted molar refractivity (Wildman–Crippen MR) is 64.3 cm³/mol. The SMILES string of the molecule is CC(c1ccsc1)n1nnnc1SCC(=O)O. The molecule has 90 valence electrons. The lowest BCUT2D eigenvalue weighted by Crippen LogP contribution is -2.10. The van der Waals surface area contributed by atoms with Gasteiger partial charge in [0.05, 0.1) is 11.8 Å². The first kappa shape index (κ1) is 12.1. The number of rotatable bonds is 5. The third-order valence-electron chi connectivity index (χ3n) is 2.18. The van der Waals surface area contributed by atoms with Gasteiger partial charge in [-0.05, 0) is 39.7 Å². The van der Waals surface area contributed by atoms with E-state index < -0.39 is 5.97 Å². The van der Waals surface area contributed by atoms with Gasteiger partial charge in [0.2, 0.25) is 5.16 Å². The molecule has 0 amide bonds. The highest BCUT2D eigenvalue weighted by Gasteiger charge is 2.16. The van der Waals surface area contributed by atoms with Crippen LogP contribution in [0, 0.1) is 0 Å². The first-order valence-corrected chi connectivity index (χ1v) is 6.76. The Balaban J connectivity index is 2.16. The second kappa shape index (κ2) is 5.28. The van der Waals surface area contributed by atoms with E-state index in [-0.39, 0.29) is 11.8 Å². The van der Waals surface area contributed by atoms with Crippen molar-refractivity contribution in [3.63, 3.8) is 0 Å². The summed E-state index contributed by atoms with van der Waals surface area (Å²) < 4.78 is 1.63. The van der Waals surface area contributed by atoms with Gasteiger partial charge >= 0.3 is 5.97 Å². The predicted octanol–water partition coefficient (Wildman–Crippen LogP) is 1.52. The van der Waals surface area contributed by atoms with Gasteiger partial charge in [-0.3, -0.25) is 4.79 Å². The minimum atomic E-state index is -0.882. The lowest BCUT2D eigenvalue weighted by atomic mass is 10.2. The van der Waals surface area contributed by atoms with Crippen LogP contribution in [0.25, 0.3) is 0 Å². The smallest absolute Gasteiger partial charge is 0.313 e. The summed E-state index contributed by atoms with van der Waals surface area (Å²) in [6.45, 7) is 1.98. The lowest BCUT2D eigenvalue weighted by molar-refractivity contribution is -0.133. The van der Waals surface area contributed by atoms with Crippen LogP contribution in [-0.4, -0.2) is 37.0 Å². The number of thioether (sulfide) groups is 1. The minimum Gasteiger partial charge on any atom is -0.481 e. The fraction of sp³-hybridized carbons (Fsp3) is 0.333. The first-order valence-electron chi connectivity index (χ1n) is 4.83. The third kappa shape index (κ3) is 2.83.